The maximum absolute atomic E-state index is 12.4. The lowest BCUT2D eigenvalue weighted by molar-refractivity contribution is -0.150. The molecule has 2 rings (SSSR count). The molecule has 0 aliphatic carbocycles. The lowest BCUT2D eigenvalue weighted by atomic mass is 10.2. The summed E-state index contributed by atoms with van der Waals surface area (Å²) in [6.45, 7) is 0. The van der Waals surface area contributed by atoms with E-state index in [-0.39, 0.29) is 17.9 Å². The lowest BCUT2D eigenvalue weighted by Crippen LogP contribution is -2.30. The molecule has 0 unspecified atom stereocenters. The van der Waals surface area contributed by atoms with Crippen LogP contribution in [0.2, 0.25) is 5.02 Å². The van der Waals surface area contributed by atoms with E-state index in [1.54, 1.807) is 12.1 Å². The van der Waals surface area contributed by atoms with Crippen molar-refractivity contribution >= 4 is 40.9 Å². The number of thioether (sulfide) groups is 1. The quantitative estimate of drug-likeness (QED) is 0.757. The fourth-order valence-electron chi connectivity index (χ4n) is 2.13. The zero-order chi connectivity index (χ0) is 17.0. The molecule has 1 aromatic rings. The molecule has 1 aliphatic heterocycles. The van der Waals surface area contributed by atoms with Gasteiger partial charge in [-0.1, -0.05) is 17.7 Å². The summed E-state index contributed by atoms with van der Waals surface area (Å²) in [7, 11) is 0. The first kappa shape index (κ1) is 18.0. The van der Waals surface area contributed by atoms with Gasteiger partial charge >= 0.3 is 5.97 Å². The number of aliphatic carboxylic acids is 1. The molecule has 1 aliphatic rings. The number of hydrogen-bond donors (Lipinski definition) is 2. The Hall–Kier alpha value is -1.38. The third-order valence-corrected chi connectivity index (χ3v) is 4.74. The van der Waals surface area contributed by atoms with Gasteiger partial charge in [0.05, 0.1) is 16.5 Å². The Kier molecular flexibility index (Phi) is 6.20. The van der Waals surface area contributed by atoms with Crippen LogP contribution in [0.3, 0.4) is 0 Å². The number of anilines is 1. The first-order chi connectivity index (χ1) is 10.9. The molecule has 0 aromatic heterocycles. The summed E-state index contributed by atoms with van der Waals surface area (Å²) < 4.78 is 29.9. The predicted molar refractivity (Wildman–Crippen MR) is 82.3 cm³/mol. The molecular formula is C14H14ClF2NO4S. The topological polar surface area (TPSA) is 75.6 Å². The Balaban J connectivity index is 2.06. The molecule has 1 heterocycles. The highest BCUT2D eigenvalue weighted by atomic mass is 35.5. The molecule has 5 nitrogen and oxygen atoms in total. The van der Waals surface area contributed by atoms with Crippen molar-refractivity contribution in [1.82, 2.24) is 0 Å². The lowest BCUT2D eigenvalue weighted by Gasteiger charge is -2.15. The predicted octanol–water partition coefficient (Wildman–Crippen LogP) is 3.27. The van der Waals surface area contributed by atoms with Gasteiger partial charge in [0.2, 0.25) is 6.43 Å². The standard InChI is InChI=1S/C14H14ClF2NO4S/c15-7-2-1-3-8(12(7)23-6-11(16)17)18-13(19)9-4-5-10(22-9)14(20)21/h1-3,9-11H,4-6H2,(H,18,19)(H,20,21)/t9-,10+/m0/s1. The van der Waals surface area contributed by atoms with Crippen molar-refractivity contribution in [3.8, 4) is 0 Å². The number of amides is 1. The average Bonchev–Trinajstić information content (AvgIpc) is 2.96. The first-order valence-corrected chi connectivity index (χ1v) is 8.13. The summed E-state index contributed by atoms with van der Waals surface area (Å²) >= 11 is 6.83. The van der Waals surface area contributed by atoms with Crippen LogP contribution in [0.4, 0.5) is 14.5 Å². The van der Waals surface area contributed by atoms with Gasteiger partial charge in [0, 0.05) is 4.90 Å². The maximum atomic E-state index is 12.4. The molecule has 23 heavy (non-hydrogen) atoms. The minimum Gasteiger partial charge on any atom is -0.479 e. The number of benzene rings is 1. The highest BCUT2D eigenvalue weighted by Crippen LogP contribution is 2.35. The third kappa shape index (κ3) is 4.79. The number of alkyl halides is 2. The minimum absolute atomic E-state index is 0.246. The number of nitrogens with one attached hydrogen (secondary N) is 1. The molecule has 1 aromatic carbocycles. The molecule has 2 atom stereocenters. The van der Waals surface area contributed by atoms with E-state index in [0.29, 0.717) is 10.6 Å². The van der Waals surface area contributed by atoms with E-state index in [2.05, 4.69) is 5.32 Å². The molecule has 0 saturated carbocycles. The Morgan fingerprint density at radius 1 is 1.39 bits per heavy atom. The van der Waals surface area contributed by atoms with E-state index in [0.717, 1.165) is 11.8 Å². The number of carbonyl (C=O) groups is 2. The third-order valence-electron chi connectivity index (χ3n) is 3.17. The van der Waals surface area contributed by atoms with E-state index in [1.807, 2.05) is 0 Å². The van der Waals surface area contributed by atoms with Gasteiger partial charge in [0.25, 0.3) is 5.91 Å². The minimum atomic E-state index is -2.51. The Bertz CT molecular complexity index is 602. The largest absolute Gasteiger partial charge is 0.479 e. The van der Waals surface area contributed by atoms with E-state index >= 15 is 0 Å². The summed E-state index contributed by atoms with van der Waals surface area (Å²) in [5.41, 5.74) is 0.301. The highest BCUT2D eigenvalue weighted by Gasteiger charge is 2.35. The van der Waals surface area contributed by atoms with Crippen molar-refractivity contribution in [2.75, 3.05) is 11.1 Å². The highest BCUT2D eigenvalue weighted by molar-refractivity contribution is 7.99. The number of ether oxygens (including phenoxy) is 1. The van der Waals surface area contributed by atoms with E-state index in [9.17, 15) is 18.4 Å². The van der Waals surface area contributed by atoms with Crippen molar-refractivity contribution in [3.63, 3.8) is 0 Å². The average molecular weight is 366 g/mol. The number of halogens is 3. The molecular weight excluding hydrogens is 352 g/mol. The van der Waals surface area contributed by atoms with Gasteiger partial charge in [-0.05, 0) is 25.0 Å². The van der Waals surface area contributed by atoms with Gasteiger partial charge in [-0.25, -0.2) is 13.6 Å². The van der Waals surface area contributed by atoms with E-state index in [1.165, 1.54) is 6.07 Å². The van der Waals surface area contributed by atoms with Crippen LogP contribution in [0.5, 0.6) is 0 Å². The van der Waals surface area contributed by atoms with Crippen LogP contribution in [-0.2, 0) is 14.3 Å². The fourth-order valence-corrected chi connectivity index (χ4v) is 3.24. The fraction of sp³-hybridized carbons (Fsp3) is 0.429. The van der Waals surface area contributed by atoms with Gasteiger partial charge in [0.1, 0.15) is 6.10 Å². The molecule has 0 bridgehead atoms. The van der Waals surface area contributed by atoms with E-state index in [4.69, 9.17) is 21.4 Å². The summed E-state index contributed by atoms with van der Waals surface area (Å²) in [5, 5.41) is 11.7. The molecule has 2 N–H and O–H groups in total. The first-order valence-electron chi connectivity index (χ1n) is 6.77. The van der Waals surface area contributed by atoms with Gasteiger partial charge in [0.15, 0.2) is 6.10 Å². The van der Waals surface area contributed by atoms with Crippen LogP contribution < -0.4 is 5.32 Å². The summed E-state index contributed by atoms with van der Waals surface area (Å²) in [4.78, 5) is 23.3. The number of hydrogen-bond acceptors (Lipinski definition) is 4. The Morgan fingerprint density at radius 3 is 2.70 bits per heavy atom. The van der Waals surface area contributed by atoms with E-state index < -0.39 is 36.3 Å². The van der Waals surface area contributed by atoms with Gasteiger partial charge < -0.3 is 15.2 Å². The SMILES string of the molecule is O=C(Nc1cccc(Cl)c1SCC(F)F)[C@@H]1CC[C@H](C(=O)O)O1. The smallest absolute Gasteiger partial charge is 0.332 e. The van der Waals surface area contributed by atoms with Crippen molar-refractivity contribution in [1.29, 1.82) is 0 Å². The molecule has 0 spiro atoms. The van der Waals surface area contributed by atoms with Crippen molar-refractivity contribution in [2.45, 2.75) is 36.4 Å². The van der Waals surface area contributed by atoms with Crippen molar-refractivity contribution in [2.24, 2.45) is 0 Å². The number of carboxylic acids is 1. The van der Waals surface area contributed by atoms with Crippen molar-refractivity contribution < 1.29 is 28.2 Å². The van der Waals surface area contributed by atoms with Crippen LogP contribution >= 0.6 is 23.4 Å². The van der Waals surface area contributed by atoms with Crippen LogP contribution in [0.1, 0.15) is 12.8 Å². The zero-order valence-corrected chi connectivity index (χ0v) is 13.4. The molecule has 9 heteroatoms. The van der Waals surface area contributed by atoms with Crippen LogP contribution in [0.15, 0.2) is 23.1 Å². The van der Waals surface area contributed by atoms with Crippen molar-refractivity contribution in [3.05, 3.63) is 23.2 Å². The van der Waals surface area contributed by atoms with Crippen LogP contribution in [0.25, 0.3) is 0 Å². The second-order valence-electron chi connectivity index (χ2n) is 4.84. The monoisotopic (exact) mass is 365 g/mol. The van der Waals surface area contributed by atoms with Gasteiger partial charge in [-0.15, -0.1) is 11.8 Å². The second kappa shape index (κ2) is 7.94. The van der Waals surface area contributed by atoms with Gasteiger partial charge in [-0.3, -0.25) is 4.79 Å². The Morgan fingerprint density at radius 2 is 2.09 bits per heavy atom. The molecule has 1 saturated heterocycles. The summed E-state index contributed by atoms with van der Waals surface area (Å²) in [6, 6.07) is 4.67. The molecule has 0 radical (unpaired) electrons. The van der Waals surface area contributed by atoms with Gasteiger partial charge in [-0.2, -0.15) is 0 Å². The van der Waals surface area contributed by atoms with Crippen LogP contribution in [-0.4, -0.2) is 41.4 Å². The number of rotatable bonds is 6. The zero-order valence-electron chi connectivity index (χ0n) is 11.8. The number of carbonyl (C=O) groups excluding carboxylic acids is 1. The summed E-state index contributed by atoms with van der Waals surface area (Å²) in [6.07, 6.45) is -3.87. The number of carboxylic acid groups (broad SMARTS) is 1. The molecule has 1 amide bonds. The maximum Gasteiger partial charge on any atom is 0.332 e. The summed E-state index contributed by atoms with van der Waals surface area (Å²) in [5.74, 6) is -2.08. The second-order valence-corrected chi connectivity index (χ2v) is 6.27. The normalized spacial score (nSPS) is 20.7. The molecule has 126 valence electrons. The Labute approximate surface area is 140 Å². The van der Waals surface area contributed by atoms with Crippen LogP contribution in [0, 0.1) is 0 Å². The molecule has 1 fully saturated rings.